The second-order valence-electron chi connectivity index (χ2n) is 9.31. The van der Waals surface area contributed by atoms with Crippen LogP contribution in [0.5, 0.6) is 0 Å². The lowest BCUT2D eigenvalue weighted by molar-refractivity contribution is 1.62. The number of benzene rings is 3. The van der Waals surface area contributed by atoms with Crippen molar-refractivity contribution in [2.75, 3.05) is 0 Å². The van der Waals surface area contributed by atoms with Gasteiger partial charge in [-0.3, -0.25) is 0 Å². The van der Waals surface area contributed by atoms with Crippen molar-refractivity contribution in [1.82, 2.24) is 0 Å². The van der Waals surface area contributed by atoms with Gasteiger partial charge in [-0.05, 0) is 55.6 Å². The van der Waals surface area contributed by atoms with Gasteiger partial charge in [-0.1, -0.05) is 170 Å². The average Bonchev–Trinajstić information content (AvgIpc) is 3.37. The smallest absolute Gasteiger partial charge is 0.00143 e. The Balaban J connectivity index is 0.000000221. The minimum absolute atomic E-state index is 1.25. The highest BCUT2D eigenvalue weighted by Crippen LogP contribution is 2.52. The maximum atomic E-state index is 2.25. The summed E-state index contributed by atoms with van der Waals surface area (Å²) in [6.45, 7) is 0. The summed E-state index contributed by atoms with van der Waals surface area (Å²) in [4.78, 5) is 0. The zero-order valence-electron chi connectivity index (χ0n) is 21.2. The van der Waals surface area contributed by atoms with E-state index in [0.717, 1.165) is 0 Å². The van der Waals surface area contributed by atoms with Gasteiger partial charge >= 0.3 is 0 Å². The molecule has 0 radical (unpaired) electrons. The van der Waals surface area contributed by atoms with E-state index in [4.69, 9.17) is 0 Å². The average molecular weight is 485 g/mol. The third-order valence-electron chi connectivity index (χ3n) is 6.92. The molecule has 0 saturated heterocycles. The first-order chi connectivity index (χ1) is 18.9. The molecule has 0 spiro atoms. The van der Waals surface area contributed by atoms with Gasteiger partial charge in [0.1, 0.15) is 0 Å². The molecule has 3 aromatic rings. The molecule has 0 heterocycles. The normalized spacial score (nSPS) is 10.6. The highest BCUT2D eigenvalue weighted by Gasteiger charge is 2.25. The topological polar surface area (TPSA) is 0 Å². The monoisotopic (exact) mass is 484 g/mol. The first-order valence-corrected chi connectivity index (χ1v) is 13.0. The summed E-state index contributed by atoms with van der Waals surface area (Å²) in [5.41, 5.74) is 12.9. The van der Waals surface area contributed by atoms with Crippen molar-refractivity contribution in [2.24, 2.45) is 0 Å². The van der Waals surface area contributed by atoms with Crippen molar-refractivity contribution in [3.63, 3.8) is 0 Å². The van der Waals surface area contributed by atoms with Crippen LogP contribution < -0.4 is 0 Å². The molecule has 0 N–H and O–H groups in total. The molecule has 0 heteroatoms. The van der Waals surface area contributed by atoms with E-state index in [1.165, 1.54) is 55.6 Å². The Morgan fingerprint density at radius 1 is 0.184 bits per heavy atom. The molecule has 0 saturated carbocycles. The van der Waals surface area contributed by atoms with Crippen molar-refractivity contribution in [3.05, 3.63) is 170 Å². The second-order valence-corrected chi connectivity index (χ2v) is 9.31. The number of fused-ring (bicyclic) bond motifs is 2. The molecule has 180 valence electrons. The Bertz CT molecular complexity index is 1580. The van der Waals surface area contributed by atoms with Crippen LogP contribution in [-0.2, 0) is 0 Å². The molecule has 0 nitrogen and oxygen atoms in total. The van der Waals surface area contributed by atoms with Crippen LogP contribution in [0, 0.1) is 0 Å². The van der Waals surface area contributed by atoms with Gasteiger partial charge in [0.25, 0.3) is 0 Å². The molecule has 0 unspecified atom stereocenters. The van der Waals surface area contributed by atoms with E-state index in [2.05, 4.69) is 164 Å². The Kier molecular flexibility index (Phi) is 6.78. The fourth-order valence-electron chi connectivity index (χ4n) is 5.21. The minimum atomic E-state index is 1.25. The van der Waals surface area contributed by atoms with Crippen LogP contribution >= 0.6 is 0 Å². The molecule has 0 fully saturated rings. The summed E-state index contributed by atoms with van der Waals surface area (Å²) < 4.78 is 0. The Labute approximate surface area is 225 Å². The summed E-state index contributed by atoms with van der Waals surface area (Å²) >= 11 is 0. The van der Waals surface area contributed by atoms with Crippen LogP contribution in [-0.4, -0.2) is 0 Å². The minimum Gasteiger partial charge on any atom is -0.0622 e. The predicted molar refractivity (Wildman–Crippen MR) is 162 cm³/mol. The van der Waals surface area contributed by atoms with Crippen LogP contribution in [0.3, 0.4) is 0 Å². The van der Waals surface area contributed by atoms with Crippen LogP contribution in [0.2, 0.25) is 0 Å². The summed E-state index contributed by atoms with van der Waals surface area (Å²) in [6.07, 6.45) is 0. The summed E-state index contributed by atoms with van der Waals surface area (Å²) in [7, 11) is 0. The van der Waals surface area contributed by atoms with E-state index in [0.29, 0.717) is 0 Å². The van der Waals surface area contributed by atoms with Gasteiger partial charge in [0, 0.05) is 0 Å². The van der Waals surface area contributed by atoms with Crippen molar-refractivity contribution < 1.29 is 0 Å². The SMILES string of the molecule is c1ccc(-c2c3cccccc-3c(-c3ccccc3)c2-c2ccccc2)cc1.c1ccc2cccc-2cc1. The standard InChI is InChI=1S/C28H20.C10H8/c1-5-13-21(14-6-1)26-24-19-11-4-12-20-25(24)27(22-15-7-2-8-16-22)28(26)23-17-9-3-10-18-23;1-2-5-9-7-4-8-10(9)6-3-1/h1-20H;1-8H. The van der Waals surface area contributed by atoms with E-state index >= 15 is 0 Å². The Morgan fingerprint density at radius 2 is 0.447 bits per heavy atom. The first-order valence-electron chi connectivity index (χ1n) is 13.0. The Hall–Kier alpha value is -4.94. The fraction of sp³-hybridized carbons (Fsp3) is 0. The van der Waals surface area contributed by atoms with Gasteiger partial charge < -0.3 is 0 Å². The van der Waals surface area contributed by atoms with Crippen LogP contribution in [0.1, 0.15) is 0 Å². The predicted octanol–water partition coefficient (Wildman–Crippen LogP) is 10.6. The van der Waals surface area contributed by atoms with Gasteiger partial charge in [-0.2, -0.15) is 0 Å². The highest BCUT2D eigenvalue weighted by atomic mass is 14.3. The first kappa shape index (κ1) is 23.5. The van der Waals surface area contributed by atoms with E-state index in [9.17, 15) is 0 Å². The van der Waals surface area contributed by atoms with Gasteiger partial charge in [-0.25, -0.2) is 0 Å². The van der Waals surface area contributed by atoms with E-state index in [1.54, 1.807) is 0 Å². The molecule has 4 aliphatic carbocycles. The summed E-state index contributed by atoms with van der Waals surface area (Å²) in [6, 6.07) is 59.8. The van der Waals surface area contributed by atoms with E-state index in [-0.39, 0.29) is 0 Å². The van der Waals surface area contributed by atoms with Crippen molar-refractivity contribution in [3.8, 4) is 55.6 Å². The third kappa shape index (κ3) is 4.73. The number of hydrogen-bond donors (Lipinski definition) is 0. The molecule has 7 rings (SSSR count). The van der Waals surface area contributed by atoms with E-state index in [1.807, 2.05) is 6.07 Å². The van der Waals surface area contributed by atoms with Crippen LogP contribution in [0.15, 0.2) is 170 Å². The summed E-state index contributed by atoms with van der Waals surface area (Å²) in [5.74, 6) is 0. The quantitative estimate of drug-likeness (QED) is 0.234. The van der Waals surface area contributed by atoms with Crippen LogP contribution in [0.25, 0.3) is 55.6 Å². The van der Waals surface area contributed by atoms with Crippen molar-refractivity contribution in [1.29, 1.82) is 0 Å². The van der Waals surface area contributed by atoms with Gasteiger partial charge in [0.15, 0.2) is 0 Å². The van der Waals surface area contributed by atoms with Crippen molar-refractivity contribution in [2.45, 2.75) is 0 Å². The molecule has 3 aromatic carbocycles. The maximum absolute atomic E-state index is 2.25. The largest absolute Gasteiger partial charge is 0.0622 e. The molecule has 0 atom stereocenters. The van der Waals surface area contributed by atoms with Gasteiger partial charge in [0.05, 0.1) is 0 Å². The molecule has 0 aliphatic heterocycles. The van der Waals surface area contributed by atoms with Crippen LogP contribution in [0.4, 0.5) is 0 Å². The lowest BCUT2D eigenvalue weighted by Crippen LogP contribution is -1.84. The zero-order valence-corrected chi connectivity index (χ0v) is 21.2. The number of rotatable bonds is 3. The molecule has 4 aliphatic rings. The Morgan fingerprint density at radius 3 is 0.816 bits per heavy atom. The molecular weight excluding hydrogens is 456 g/mol. The lowest BCUT2D eigenvalue weighted by atomic mass is 9.93. The third-order valence-corrected chi connectivity index (χ3v) is 6.92. The zero-order chi connectivity index (χ0) is 25.6. The fourth-order valence-corrected chi connectivity index (χ4v) is 5.21. The molecular formula is C38H28. The lowest BCUT2D eigenvalue weighted by Gasteiger charge is -2.10. The van der Waals surface area contributed by atoms with Gasteiger partial charge in [0.2, 0.25) is 0 Å². The van der Waals surface area contributed by atoms with Gasteiger partial charge in [-0.15, -0.1) is 0 Å². The van der Waals surface area contributed by atoms with Crippen molar-refractivity contribution >= 4 is 0 Å². The maximum Gasteiger partial charge on any atom is -0.00143 e. The number of hydrogen-bond acceptors (Lipinski definition) is 0. The molecule has 38 heavy (non-hydrogen) atoms. The molecule has 0 bridgehead atoms. The molecule has 0 aromatic heterocycles. The molecule has 0 amide bonds. The van der Waals surface area contributed by atoms with E-state index < -0.39 is 0 Å². The second kappa shape index (κ2) is 11.0. The summed E-state index contributed by atoms with van der Waals surface area (Å²) in [5, 5.41) is 0. The highest BCUT2D eigenvalue weighted by molar-refractivity contribution is 6.10.